The molecule has 6 nitrogen and oxygen atoms in total. The number of esters is 1. The minimum Gasteiger partial charge on any atom is -0.467 e. The molecule has 0 aliphatic carbocycles. The Kier molecular flexibility index (Phi) is 4.06. The highest BCUT2D eigenvalue weighted by atomic mass is 19.1. The van der Waals surface area contributed by atoms with Crippen molar-refractivity contribution in [3.63, 3.8) is 0 Å². The summed E-state index contributed by atoms with van der Waals surface area (Å²) in [6.45, 7) is 0.536. The van der Waals surface area contributed by atoms with Crippen LogP contribution in [-0.4, -0.2) is 54.7 Å². The van der Waals surface area contributed by atoms with Crippen molar-refractivity contribution in [3.8, 4) is 0 Å². The van der Waals surface area contributed by atoms with Crippen LogP contribution in [-0.2, 0) is 14.3 Å². The zero-order chi connectivity index (χ0) is 13.8. The Hall–Kier alpha value is -2.02. The first kappa shape index (κ1) is 13.4. The third-order valence-electron chi connectivity index (χ3n) is 2.81. The standard InChI is InChI=1S/C12H13FN2O4/c1-18-12(17)9-7-15(5-6-19-9)11(16)8-3-2-4-14-10(8)13/h2-4,9H,5-7H2,1H3. The van der Waals surface area contributed by atoms with Gasteiger partial charge in [0.1, 0.15) is 0 Å². The second-order valence-electron chi connectivity index (χ2n) is 3.98. The predicted octanol–water partition coefficient (Wildman–Crippen LogP) is 0.235. The van der Waals surface area contributed by atoms with Gasteiger partial charge in [-0.1, -0.05) is 0 Å². The van der Waals surface area contributed by atoms with Gasteiger partial charge in [0.15, 0.2) is 6.10 Å². The lowest BCUT2D eigenvalue weighted by molar-refractivity contribution is -0.158. The zero-order valence-corrected chi connectivity index (χ0v) is 10.3. The molecule has 1 aliphatic heterocycles. The first-order valence-electron chi connectivity index (χ1n) is 5.72. The molecule has 1 aromatic heterocycles. The van der Waals surface area contributed by atoms with Gasteiger partial charge in [0, 0.05) is 12.7 Å². The number of rotatable bonds is 2. The minimum atomic E-state index is -0.831. The van der Waals surface area contributed by atoms with E-state index < -0.39 is 23.9 Å². The van der Waals surface area contributed by atoms with Gasteiger partial charge in [0.05, 0.1) is 25.8 Å². The van der Waals surface area contributed by atoms with Crippen molar-refractivity contribution < 1.29 is 23.5 Å². The zero-order valence-electron chi connectivity index (χ0n) is 10.3. The number of hydrogen-bond acceptors (Lipinski definition) is 5. The van der Waals surface area contributed by atoms with Crippen molar-refractivity contribution in [2.75, 3.05) is 26.8 Å². The van der Waals surface area contributed by atoms with Crippen LogP contribution in [0.25, 0.3) is 0 Å². The Balaban J connectivity index is 2.11. The second-order valence-corrected chi connectivity index (χ2v) is 3.98. The number of nitrogens with zero attached hydrogens (tertiary/aromatic N) is 2. The van der Waals surface area contributed by atoms with Gasteiger partial charge >= 0.3 is 5.97 Å². The van der Waals surface area contributed by atoms with E-state index in [2.05, 4.69) is 9.72 Å². The number of carbonyl (C=O) groups is 2. The molecule has 0 spiro atoms. The Labute approximate surface area is 109 Å². The van der Waals surface area contributed by atoms with Crippen molar-refractivity contribution in [3.05, 3.63) is 29.8 Å². The van der Waals surface area contributed by atoms with Crippen LogP contribution in [0.15, 0.2) is 18.3 Å². The van der Waals surface area contributed by atoms with E-state index in [4.69, 9.17) is 4.74 Å². The summed E-state index contributed by atoms with van der Waals surface area (Å²) in [4.78, 5) is 28.3. The van der Waals surface area contributed by atoms with Gasteiger partial charge in [0.2, 0.25) is 5.95 Å². The molecule has 102 valence electrons. The molecule has 1 unspecified atom stereocenters. The average molecular weight is 268 g/mol. The van der Waals surface area contributed by atoms with Crippen LogP contribution in [0.2, 0.25) is 0 Å². The second kappa shape index (κ2) is 5.75. The maximum absolute atomic E-state index is 13.4. The third-order valence-corrected chi connectivity index (χ3v) is 2.81. The molecule has 2 rings (SSSR count). The van der Waals surface area contributed by atoms with E-state index in [1.54, 1.807) is 0 Å². The predicted molar refractivity (Wildman–Crippen MR) is 61.9 cm³/mol. The van der Waals surface area contributed by atoms with E-state index in [1.165, 1.54) is 30.3 Å². The van der Waals surface area contributed by atoms with Gasteiger partial charge < -0.3 is 14.4 Å². The monoisotopic (exact) mass is 268 g/mol. The molecule has 1 aromatic rings. The van der Waals surface area contributed by atoms with Crippen LogP contribution in [0.4, 0.5) is 4.39 Å². The fraction of sp³-hybridized carbons (Fsp3) is 0.417. The van der Waals surface area contributed by atoms with Crippen LogP contribution in [0.5, 0.6) is 0 Å². The van der Waals surface area contributed by atoms with E-state index in [0.717, 1.165) is 0 Å². The first-order valence-corrected chi connectivity index (χ1v) is 5.72. The SMILES string of the molecule is COC(=O)C1CN(C(=O)c2cccnc2F)CCO1. The Bertz CT molecular complexity index is 494. The van der Waals surface area contributed by atoms with Crippen molar-refractivity contribution in [1.29, 1.82) is 0 Å². The smallest absolute Gasteiger partial charge is 0.336 e. The summed E-state index contributed by atoms with van der Waals surface area (Å²) in [7, 11) is 1.24. The van der Waals surface area contributed by atoms with Crippen molar-refractivity contribution in [2.45, 2.75) is 6.10 Å². The lowest BCUT2D eigenvalue weighted by atomic mass is 10.2. The van der Waals surface area contributed by atoms with Crippen LogP contribution in [0.3, 0.4) is 0 Å². The van der Waals surface area contributed by atoms with E-state index in [9.17, 15) is 14.0 Å². The summed E-state index contributed by atoms with van der Waals surface area (Å²) >= 11 is 0. The van der Waals surface area contributed by atoms with Crippen LogP contribution in [0, 0.1) is 5.95 Å². The molecule has 19 heavy (non-hydrogen) atoms. The van der Waals surface area contributed by atoms with E-state index >= 15 is 0 Å². The molecular formula is C12H13FN2O4. The highest BCUT2D eigenvalue weighted by Gasteiger charge is 2.31. The number of morpholine rings is 1. The molecule has 0 saturated carbocycles. The van der Waals surface area contributed by atoms with E-state index in [1.807, 2.05) is 0 Å². The van der Waals surface area contributed by atoms with Gasteiger partial charge in [-0.25, -0.2) is 9.78 Å². The molecule has 1 saturated heterocycles. The topological polar surface area (TPSA) is 68.7 Å². The lowest BCUT2D eigenvalue weighted by Crippen LogP contribution is -2.49. The quantitative estimate of drug-likeness (QED) is 0.567. The van der Waals surface area contributed by atoms with Crippen LogP contribution >= 0.6 is 0 Å². The Morgan fingerprint density at radius 2 is 2.37 bits per heavy atom. The molecule has 0 N–H and O–H groups in total. The Morgan fingerprint density at radius 1 is 1.58 bits per heavy atom. The number of halogens is 1. The molecule has 0 radical (unpaired) electrons. The van der Waals surface area contributed by atoms with Crippen molar-refractivity contribution in [2.24, 2.45) is 0 Å². The summed E-state index contributed by atoms with van der Waals surface area (Å²) in [5.41, 5.74) is -0.118. The maximum atomic E-state index is 13.4. The molecule has 2 heterocycles. The van der Waals surface area contributed by atoms with E-state index in [0.29, 0.717) is 6.54 Å². The van der Waals surface area contributed by atoms with Gasteiger partial charge in [-0.3, -0.25) is 4.79 Å². The molecule has 1 fully saturated rings. The van der Waals surface area contributed by atoms with Crippen LogP contribution in [0.1, 0.15) is 10.4 Å². The van der Waals surface area contributed by atoms with Crippen LogP contribution < -0.4 is 0 Å². The third kappa shape index (κ3) is 2.87. The summed E-state index contributed by atoms with van der Waals surface area (Å²) in [6, 6.07) is 2.84. The number of amides is 1. The van der Waals surface area contributed by atoms with Gasteiger partial charge in [-0.15, -0.1) is 0 Å². The Morgan fingerprint density at radius 3 is 3.05 bits per heavy atom. The normalized spacial score (nSPS) is 19.1. The molecule has 1 aliphatic rings. The van der Waals surface area contributed by atoms with Crippen molar-refractivity contribution >= 4 is 11.9 Å². The summed E-state index contributed by atoms with van der Waals surface area (Å²) in [5, 5.41) is 0. The maximum Gasteiger partial charge on any atom is 0.336 e. The fourth-order valence-electron chi connectivity index (χ4n) is 1.82. The van der Waals surface area contributed by atoms with Gasteiger partial charge in [-0.2, -0.15) is 4.39 Å². The highest BCUT2D eigenvalue weighted by Crippen LogP contribution is 2.13. The summed E-state index contributed by atoms with van der Waals surface area (Å²) in [5.74, 6) is -1.89. The van der Waals surface area contributed by atoms with Crippen molar-refractivity contribution in [1.82, 2.24) is 9.88 Å². The number of ether oxygens (including phenoxy) is 2. The average Bonchev–Trinajstić information content (AvgIpc) is 2.46. The first-order chi connectivity index (χ1) is 9.13. The molecule has 1 amide bonds. The molecular weight excluding hydrogens is 255 g/mol. The van der Waals surface area contributed by atoms with E-state index in [-0.39, 0.29) is 18.7 Å². The lowest BCUT2D eigenvalue weighted by Gasteiger charge is -2.31. The molecule has 0 bridgehead atoms. The highest BCUT2D eigenvalue weighted by molar-refractivity contribution is 5.94. The minimum absolute atomic E-state index is 0.0415. The van der Waals surface area contributed by atoms with Gasteiger partial charge in [0.25, 0.3) is 5.91 Å². The number of methoxy groups -OCH3 is 1. The number of carbonyl (C=O) groups excluding carboxylic acids is 2. The summed E-state index contributed by atoms with van der Waals surface area (Å²) in [6.07, 6.45) is 0.435. The molecule has 0 aromatic carbocycles. The largest absolute Gasteiger partial charge is 0.467 e. The fourth-order valence-corrected chi connectivity index (χ4v) is 1.82. The number of hydrogen-bond donors (Lipinski definition) is 0. The van der Waals surface area contributed by atoms with Gasteiger partial charge in [-0.05, 0) is 12.1 Å². The molecule has 1 atom stereocenters. The number of aromatic nitrogens is 1. The molecule has 7 heteroatoms. The summed E-state index contributed by atoms with van der Waals surface area (Å²) < 4.78 is 23.2. The number of pyridine rings is 1.